The molecule has 0 fully saturated rings. The maximum atomic E-state index is 9.47. The minimum Gasteiger partial charge on any atom is -0.493 e. The van der Waals surface area contributed by atoms with Gasteiger partial charge in [-0.15, -0.1) is 0 Å². The zero-order chi connectivity index (χ0) is 12.6. The maximum absolute atomic E-state index is 9.47. The summed E-state index contributed by atoms with van der Waals surface area (Å²) in [5.41, 5.74) is 1.39. The fourth-order valence-corrected chi connectivity index (χ4v) is 2.77. The topological polar surface area (TPSA) is 42.6 Å². The second kappa shape index (κ2) is 4.35. The number of aliphatic hydroxyl groups is 1. The normalized spacial score (nSPS) is 12.1. The molecule has 0 saturated heterocycles. The highest BCUT2D eigenvalue weighted by Crippen LogP contribution is 2.40. The molecule has 0 bridgehead atoms. The fraction of sp³-hybridized carbons (Fsp3) is 0.385. The Hall–Kier alpha value is -1.00. The van der Waals surface area contributed by atoms with E-state index in [1.54, 1.807) is 13.4 Å². The average Bonchev–Trinajstić information content (AvgIpc) is 2.79. The summed E-state index contributed by atoms with van der Waals surface area (Å²) in [4.78, 5) is 0. The number of rotatable bonds is 3. The lowest BCUT2D eigenvalue weighted by Gasteiger charge is -2.24. The van der Waals surface area contributed by atoms with Crippen molar-refractivity contribution in [3.05, 3.63) is 28.4 Å². The van der Waals surface area contributed by atoms with Gasteiger partial charge in [-0.3, -0.25) is 0 Å². The van der Waals surface area contributed by atoms with Crippen LogP contribution in [-0.4, -0.2) is 18.8 Å². The number of aliphatic hydroxyl groups excluding tert-OH is 1. The van der Waals surface area contributed by atoms with Crippen LogP contribution in [0.15, 0.2) is 27.3 Å². The van der Waals surface area contributed by atoms with Crippen LogP contribution in [0.4, 0.5) is 0 Å². The van der Waals surface area contributed by atoms with Gasteiger partial charge in [0.1, 0.15) is 0 Å². The first-order chi connectivity index (χ1) is 8.01. The predicted molar refractivity (Wildman–Crippen MR) is 70.6 cm³/mol. The number of hydrogen-bond donors (Lipinski definition) is 1. The first-order valence-corrected chi connectivity index (χ1v) is 6.15. The number of furan rings is 1. The molecule has 92 valence electrons. The molecule has 2 aromatic rings. The summed E-state index contributed by atoms with van der Waals surface area (Å²) in [6.07, 6.45) is 1.63. The van der Waals surface area contributed by atoms with E-state index < -0.39 is 0 Å². The van der Waals surface area contributed by atoms with E-state index in [-0.39, 0.29) is 12.0 Å². The van der Waals surface area contributed by atoms with Gasteiger partial charge < -0.3 is 14.3 Å². The van der Waals surface area contributed by atoms with Crippen molar-refractivity contribution in [3.8, 4) is 5.75 Å². The van der Waals surface area contributed by atoms with Gasteiger partial charge in [0.2, 0.25) is 0 Å². The molecule has 0 radical (unpaired) electrons. The molecule has 17 heavy (non-hydrogen) atoms. The molecule has 4 heteroatoms. The summed E-state index contributed by atoms with van der Waals surface area (Å²) in [6.45, 7) is 4.04. The SMILES string of the molecule is COc1cc(C(C)(C)CO)c(Br)c2ccoc12. The third-order valence-electron chi connectivity index (χ3n) is 2.98. The van der Waals surface area contributed by atoms with Crippen molar-refractivity contribution in [3.63, 3.8) is 0 Å². The van der Waals surface area contributed by atoms with Crippen molar-refractivity contribution >= 4 is 26.9 Å². The van der Waals surface area contributed by atoms with Gasteiger partial charge >= 0.3 is 0 Å². The second-order valence-electron chi connectivity index (χ2n) is 4.65. The van der Waals surface area contributed by atoms with E-state index in [0.29, 0.717) is 5.75 Å². The largest absolute Gasteiger partial charge is 0.493 e. The van der Waals surface area contributed by atoms with E-state index in [1.807, 2.05) is 26.0 Å². The molecule has 0 saturated carbocycles. The number of fused-ring (bicyclic) bond motifs is 1. The summed E-state index contributed by atoms with van der Waals surface area (Å²) < 4.78 is 11.7. The van der Waals surface area contributed by atoms with Gasteiger partial charge in [-0.25, -0.2) is 0 Å². The quantitative estimate of drug-likeness (QED) is 0.943. The lowest BCUT2D eigenvalue weighted by Crippen LogP contribution is -2.22. The molecule has 0 atom stereocenters. The monoisotopic (exact) mass is 298 g/mol. The van der Waals surface area contributed by atoms with E-state index in [1.165, 1.54) is 0 Å². The smallest absolute Gasteiger partial charge is 0.176 e. The lowest BCUT2D eigenvalue weighted by atomic mass is 9.85. The second-order valence-corrected chi connectivity index (χ2v) is 5.44. The molecule has 1 aromatic heterocycles. The number of hydrogen-bond acceptors (Lipinski definition) is 3. The molecule has 3 nitrogen and oxygen atoms in total. The van der Waals surface area contributed by atoms with Crippen molar-refractivity contribution < 1.29 is 14.3 Å². The standard InChI is InChI=1S/C13H15BrO3/c1-13(2,7-15)9-6-10(16-3)12-8(11(9)14)4-5-17-12/h4-6,15H,7H2,1-3H3. The van der Waals surface area contributed by atoms with Crippen LogP contribution in [-0.2, 0) is 5.41 Å². The molecule has 1 N–H and O–H groups in total. The molecule has 0 aliphatic rings. The highest BCUT2D eigenvalue weighted by atomic mass is 79.9. The van der Waals surface area contributed by atoms with Crippen LogP contribution < -0.4 is 4.74 Å². The first kappa shape index (κ1) is 12.5. The van der Waals surface area contributed by atoms with E-state index in [9.17, 15) is 5.11 Å². The summed E-state index contributed by atoms with van der Waals surface area (Å²) >= 11 is 3.57. The summed E-state index contributed by atoms with van der Waals surface area (Å²) in [7, 11) is 1.61. The fourth-order valence-electron chi connectivity index (χ4n) is 1.81. The van der Waals surface area contributed by atoms with Crippen LogP contribution in [0.5, 0.6) is 5.75 Å². The summed E-state index contributed by atoms with van der Waals surface area (Å²) in [5, 5.41) is 10.4. The highest BCUT2D eigenvalue weighted by Gasteiger charge is 2.25. The van der Waals surface area contributed by atoms with Crippen LogP contribution in [0.2, 0.25) is 0 Å². The number of methoxy groups -OCH3 is 1. The molecule has 0 unspecified atom stereocenters. The lowest BCUT2D eigenvalue weighted by molar-refractivity contribution is 0.218. The third kappa shape index (κ3) is 1.96. The minimum atomic E-state index is -0.336. The number of ether oxygens (including phenoxy) is 1. The molecule has 0 aliphatic heterocycles. The molecule has 1 heterocycles. The zero-order valence-electron chi connectivity index (χ0n) is 10.1. The molecule has 0 aliphatic carbocycles. The Morgan fingerprint density at radius 3 is 2.76 bits per heavy atom. The van der Waals surface area contributed by atoms with E-state index >= 15 is 0 Å². The molecular formula is C13H15BrO3. The Kier molecular flexibility index (Phi) is 3.19. The summed E-state index contributed by atoms with van der Waals surface area (Å²) in [6, 6.07) is 3.80. The Morgan fingerprint density at radius 1 is 1.47 bits per heavy atom. The van der Waals surface area contributed by atoms with Crippen molar-refractivity contribution in [1.29, 1.82) is 0 Å². The van der Waals surface area contributed by atoms with Gasteiger partial charge in [0.15, 0.2) is 11.3 Å². The Labute approximate surface area is 109 Å². The van der Waals surface area contributed by atoms with Gasteiger partial charge in [0.25, 0.3) is 0 Å². The van der Waals surface area contributed by atoms with E-state index in [0.717, 1.165) is 21.0 Å². The van der Waals surface area contributed by atoms with E-state index in [2.05, 4.69) is 15.9 Å². The molecule has 1 aromatic carbocycles. The Balaban J connectivity index is 2.76. The Morgan fingerprint density at radius 2 is 2.18 bits per heavy atom. The predicted octanol–water partition coefficient (Wildman–Crippen LogP) is 3.47. The van der Waals surface area contributed by atoms with Crippen molar-refractivity contribution in [2.75, 3.05) is 13.7 Å². The van der Waals surface area contributed by atoms with Crippen molar-refractivity contribution in [1.82, 2.24) is 0 Å². The highest BCUT2D eigenvalue weighted by molar-refractivity contribution is 9.10. The Bertz CT molecular complexity index is 543. The number of halogens is 1. The first-order valence-electron chi connectivity index (χ1n) is 5.36. The van der Waals surface area contributed by atoms with Crippen molar-refractivity contribution in [2.45, 2.75) is 19.3 Å². The van der Waals surface area contributed by atoms with Crippen LogP contribution >= 0.6 is 15.9 Å². The van der Waals surface area contributed by atoms with Gasteiger partial charge in [0, 0.05) is 15.3 Å². The van der Waals surface area contributed by atoms with E-state index in [4.69, 9.17) is 9.15 Å². The molecule has 0 spiro atoms. The average molecular weight is 299 g/mol. The third-order valence-corrected chi connectivity index (χ3v) is 3.84. The van der Waals surface area contributed by atoms with Gasteiger partial charge in [-0.2, -0.15) is 0 Å². The van der Waals surface area contributed by atoms with Gasteiger partial charge in [-0.1, -0.05) is 13.8 Å². The number of benzene rings is 1. The van der Waals surface area contributed by atoms with Crippen LogP contribution in [0.1, 0.15) is 19.4 Å². The summed E-state index contributed by atoms with van der Waals surface area (Å²) in [5.74, 6) is 0.685. The molecule has 2 rings (SSSR count). The van der Waals surface area contributed by atoms with Gasteiger partial charge in [0.05, 0.1) is 20.0 Å². The van der Waals surface area contributed by atoms with Crippen LogP contribution in [0, 0.1) is 0 Å². The minimum absolute atomic E-state index is 0.0676. The maximum Gasteiger partial charge on any atom is 0.176 e. The zero-order valence-corrected chi connectivity index (χ0v) is 11.7. The van der Waals surface area contributed by atoms with Crippen molar-refractivity contribution in [2.24, 2.45) is 0 Å². The molecular weight excluding hydrogens is 284 g/mol. The van der Waals surface area contributed by atoms with Gasteiger partial charge in [-0.05, 0) is 33.6 Å². The van der Waals surface area contributed by atoms with Crippen LogP contribution in [0.25, 0.3) is 11.0 Å². The molecule has 0 amide bonds. The van der Waals surface area contributed by atoms with Crippen LogP contribution in [0.3, 0.4) is 0 Å².